The molecule has 6 heteroatoms. The van der Waals surface area contributed by atoms with Crippen LogP contribution in [0.4, 0.5) is 0 Å². The molecule has 0 nitrogen and oxygen atoms in total. The highest BCUT2D eigenvalue weighted by molar-refractivity contribution is 8.00. The molecule has 6 aliphatic carbocycles. The monoisotopic (exact) mass is 852 g/mol. The fourth-order valence-corrected chi connectivity index (χ4v) is 20.6. The maximum absolute atomic E-state index is 2.35. The van der Waals surface area contributed by atoms with Gasteiger partial charge >= 0.3 is 0 Å². The number of thioether (sulfide) groups is 6. The Kier molecular flexibility index (Phi) is 20.6. The Bertz CT molecular complexity index is 686. The van der Waals surface area contributed by atoms with Crippen molar-refractivity contribution in [3.05, 3.63) is 0 Å². The van der Waals surface area contributed by atoms with E-state index in [1.54, 1.807) is 0 Å². The van der Waals surface area contributed by atoms with Crippen LogP contribution in [0.3, 0.4) is 0 Å². The van der Waals surface area contributed by atoms with Gasteiger partial charge in [0.05, 0.1) is 0 Å². The molecule has 22 aliphatic rings. The second-order valence-electron chi connectivity index (χ2n) is 20.5. The van der Waals surface area contributed by atoms with Gasteiger partial charge in [-0.2, -0.15) is 70.6 Å². The Hall–Kier alpha value is 2.10. The van der Waals surface area contributed by atoms with Crippen LogP contribution >= 0.6 is 70.6 Å². The lowest BCUT2D eigenvalue weighted by atomic mass is 9.83. The number of hydrogen-bond acceptors (Lipinski definition) is 6. The maximum Gasteiger partial charge on any atom is -0.00390 e. The second-order valence-corrected chi connectivity index (χ2v) is 27.0. The van der Waals surface area contributed by atoms with Gasteiger partial charge in [0.15, 0.2) is 0 Å². The Labute approximate surface area is 362 Å². The Balaban J connectivity index is 0.791. The van der Waals surface area contributed by atoms with Crippen LogP contribution in [0.1, 0.15) is 154 Å². The molecule has 0 spiro atoms. The van der Waals surface area contributed by atoms with Crippen molar-refractivity contribution in [2.45, 2.75) is 154 Å². The van der Waals surface area contributed by atoms with Crippen molar-refractivity contribution >= 4 is 70.6 Å². The van der Waals surface area contributed by atoms with E-state index in [2.05, 4.69) is 70.6 Å². The molecule has 0 N–H and O–H groups in total. The molecule has 6 saturated carbocycles. The Morgan fingerprint density at radius 2 is 0.204 bits per heavy atom. The average molecular weight is 854 g/mol. The first-order valence-corrected chi connectivity index (χ1v) is 31.1. The van der Waals surface area contributed by atoms with Crippen molar-refractivity contribution < 1.29 is 0 Å². The molecule has 16 saturated heterocycles. The SMILES string of the molecule is C1CC2CCC1CSCC1CCC(CC1)CSCC1CCC(CC1)CSCC1CCC(CC1)CSCC1CCC(CC1)CSCC1CCC(CC1)CSC2. The summed E-state index contributed by atoms with van der Waals surface area (Å²) in [6.07, 6.45) is 36.8. The lowest BCUT2D eigenvalue weighted by molar-refractivity contribution is 0.306. The van der Waals surface area contributed by atoms with Crippen LogP contribution < -0.4 is 0 Å². The summed E-state index contributed by atoms with van der Waals surface area (Å²) in [5.41, 5.74) is 0. The van der Waals surface area contributed by atoms with Crippen LogP contribution in [-0.2, 0) is 0 Å². The molecule has 54 heavy (non-hydrogen) atoms. The summed E-state index contributed by atoms with van der Waals surface area (Å²) in [6, 6.07) is 0. The summed E-state index contributed by atoms with van der Waals surface area (Å²) in [5.74, 6) is 30.0. The van der Waals surface area contributed by atoms with Crippen molar-refractivity contribution in [1.29, 1.82) is 0 Å². The summed E-state index contributed by atoms with van der Waals surface area (Å²) in [6.45, 7) is 0. The van der Waals surface area contributed by atoms with Crippen molar-refractivity contribution in [3.8, 4) is 0 Å². The predicted molar refractivity (Wildman–Crippen MR) is 257 cm³/mol. The van der Waals surface area contributed by atoms with Gasteiger partial charge in [-0.3, -0.25) is 0 Å². The summed E-state index contributed by atoms with van der Waals surface area (Å²) in [5, 5.41) is 0. The fraction of sp³-hybridized carbons (Fsp3) is 1.00. The smallest absolute Gasteiger partial charge is 0.00390 e. The normalized spacial score (nSPS) is 42.7. The van der Waals surface area contributed by atoms with E-state index in [1.807, 2.05) is 0 Å². The van der Waals surface area contributed by atoms with E-state index in [0.29, 0.717) is 0 Å². The lowest BCUT2D eigenvalue weighted by Crippen LogP contribution is -2.22. The second kappa shape index (κ2) is 25.1. The van der Waals surface area contributed by atoms with Gasteiger partial charge in [-0.15, -0.1) is 0 Å². The summed E-state index contributed by atoms with van der Waals surface area (Å²) < 4.78 is 0. The zero-order valence-electron chi connectivity index (χ0n) is 34.8. The third kappa shape index (κ3) is 15.9. The molecule has 0 unspecified atom stereocenters. The van der Waals surface area contributed by atoms with E-state index in [1.165, 1.54) is 223 Å². The minimum absolute atomic E-state index is 1.03. The fourth-order valence-electron chi connectivity index (χ4n) is 11.8. The van der Waals surface area contributed by atoms with Crippen LogP contribution in [0.15, 0.2) is 0 Å². The number of rotatable bonds is 0. The topological polar surface area (TPSA) is 0 Å². The molecule has 0 radical (unpaired) electrons. The van der Waals surface area contributed by atoms with Gasteiger partial charge in [0.1, 0.15) is 0 Å². The zero-order valence-corrected chi connectivity index (χ0v) is 39.7. The Morgan fingerprint density at radius 1 is 0.130 bits per heavy atom. The van der Waals surface area contributed by atoms with Crippen LogP contribution in [0.2, 0.25) is 0 Å². The minimum atomic E-state index is 1.03. The first kappa shape index (κ1) is 44.2. The van der Waals surface area contributed by atoms with Crippen LogP contribution in [0.25, 0.3) is 0 Å². The van der Waals surface area contributed by atoms with Crippen LogP contribution in [0.5, 0.6) is 0 Å². The molecule has 16 heterocycles. The highest BCUT2D eigenvalue weighted by Crippen LogP contribution is 2.41. The molecule has 22 fully saturated rings. The van der Waals surface area contributed by atoms with Crippen molar-refractivity contribution in [1.82, 2.24) is 0 Å². The van der Waals surface area contributed by atoms with E-state index >= 15 is 0 Å². The van der Waals surface area contributed by atoms with Gasteiger partial charge in [0.25, 0.3) is 0 Å². The molecular weight excluding hydrogens is 769 g/mol. The van der Waals surface area contributed by atoms with Crippen molar-refractivity contribution in [2.75, 3.05) is 69.0 Å². The lowest BCUT2D eigenvalue weighted by Gasteiger charge is -2.32. The van der Waals surface area contributed by atoms with Crippen LogP contribution in [0, 0.1) is 71.0 Å². The van der Waals surface area contributed by atoms with Gasteiger partial charge in [0.2, 0.25) is 0 Å². The molecule has 0 aromatic carbocycles. The molecule has 0 atom stereocenters. The molecule has 312 valence electrons. The highest BCUT2D eigenvalue weighted by atomic mass is 32.2. The molecular formula is C48H84S6. The maximum atomic E-state index is 2.35. The first-order valence-electron chi connectivity index (χ1n) is 24.2. The molecule has 0 aromatic heterocycles. The standard InChI is InChI=1S/C48H84S6/c1-2-38-4-3-37(1)25-49-27-39-5-7-41(8-6-39)29-51-31-43-13-15-45(16-14-43)33-53-35-47-21-23-48(24-22-47)36-54-34-46-19-17-44(18-20-46)32-52-30-42-11-9-40(10-12-42)28-50-26-38/h37-48H,1-36H2. The first-order chi connectivity index (χ1) is 26.7. The molecule has 0 aromatic rings. The molecule has 16 aliphatic heterocycles. The molecule has 0 amide bonds. The third-order valence-corrected chi connectivity index (χ3v) is 24.5. The van der Waals surface area contributed by atoms with E-state index < -0.39 is 0 Å². The van der Waals surface area contributed by atoms with Gasteiger partial charge in [0, 0.05) is 0 Å². The van der Waals surface area contributed by atoms with E-state index in [9.17, 15) is 0 Å². The molecule has 12 bridgehead atoms. The predicted octanol–water partition coefficient (Wildman–Crippen LogP) is 15.2. The summed E-state index contributed by atoms with van der Waals surface area (Å²) >= 11 is 14.1. The zero-order chi connectivity index (χ0) is 36.6. The quantitative estimate of drug-likeness (QED) is 0.236. The largest absolute Gasteiger partial charge is 0.161 e. The highest BCUT2D eigenvalue weighted by Gasteiger charge is 2.29. The van der Waals surface area contributed by atoms with E-state index in [-0.39, 0.29) is 0 Å². The van der Waals surface area contributed by atoms with Gasteiger partial charge < -0.3 is 0 Å². The minimum Gasteiger partial charge on any atom is -0.161 e. The van der Waals surface area contributed by atoms with Crippen LogP contribution in [-0.4, -0.2) is 69.0 Å². The van der Waals surface area contributed by atoms with E-state index in [4.69, 9.17) is 0 Å². The van der Waals surface area contributed by atoms with E-state index in [0.717, 1.165) is 71.0 Å². The average Bonchev–Trinajstić information content (AvgIpc) is 3.21. The van der Waals surface area contributed by atoms with Crippen molar-refractivity contribution in [3.63, 3.8) is 0 Å². The number of hydrogen-bond donors (Lipinski definition) is 0. The van der Waals surface area contributed by atoms with Gasteiger partial charge in [-0.25, -0.2) is 0 Å². The van der Waals surface area contributed by atoms with Gasteiger partial charge in [-0.1, -0.05) is 0 Å². The van der Waals surface area contributed by atoms with Crippen molar-refractivity contribution in [2.24, 2.45) is 71.0 Å². The molecule has 22 rings (SSSR count). The Morgan fingerprint density at radius 3 is 0.278 bits per heavy atom. The van der Waals surface area contributed by atoms with Gasteiger partial charge in [-0.05, 0) is 294 Å². The summed E-state index contributed by atoms with van der Waals surface area (Å²) in [7, 11) is 0. The summed E-state index contributed by atoms with van der Waals surface area (Å²) in [4.78, 5) is 0. The third-order valence-electron chi connectivity index (χ3n) is 16.0.